The minimum absolute atomic E-state index is 0.204. The van der Waals surface area contributed by atoms with Crippen molar-refractivity contribution >= 4 is 16.2 Å². The summed E-state index contributed by atoms with van der Waals surface area (Å²) in [5, 5.41) is 9.10. The zero-order valence-electron chi connectivity index (χ0n) is 11.0. The molecule has 1 aliphatic heterocycles. The van der Waals surface area contributed by atoms with E-state index in [-0.39, 0.29) is 6.42 Å². The molecule has 0 aromatic heterocycles. The maximum absolute atomic E-state index is 12.2. The Morgan fingerprint density at radius 2 is 1.78 bits per heavy atom. The number of hydrogen-bond donors (Lipinski definition) is 2. The molecule has 0 bridgehead atoms. The Labute approximate surface area is 109 Å². The number of carboxylic acids is 1. The molecule has 2 N–H and O–H groups in total. The molecule has 0 spiro atoms. The quantitative estimate of drug-likeness (QED) is 0.784. The van der Waals surface area contributed by atoms with Gasteiger partial charge in [0, 0.05) is 13.1 Å². The van der Waals surface area contributed by atoms with E-state index in [1.807, 2.05) is 0 Å². The standard InChI is InChI=1S/C11H22N2O4S/c1-3-11(2,10(14)15)12-18(16,17)13-8-6-4-5-7-9-13/h12H,3-9H2,1-2H3,(H,14,15). The van der Waals surface area contributed by atoms with Crippen molar-refractivity contribution < 1.29 is 18.3 Å². The highest BCUT2D eigenvalue weighted by molar-refractivity contribution is 7.87. The second-order valence-corrected chi connectivity index (χ2v) is 6.58. The van der Waals surface area contributed by atoms with E-state index in [0.29, 0.717) is 13.1 Å². The fraction of sp³-hybridized carbons (Fsp3) is 0.909. The van der Waals surface area contributed by atoms with Gasteiger partial charge in [-0.3, -0.25) is 4.79 Å². The molecule has 0 aliphatic carbocycles. The van der Waals surface area contributed by atoms with E-state index in [1.54, 1.807) is 6.92 Å². The van der Waals surface area contributed by atoms with Gasteiger partial charge in [0.15, 0.2) is 0 Å². The van der Waals surface area contributed by atoms with Crippen LogP contribution in [-0.2, 0) is 15.0 Å². The fourth-order valence-corrected chi connectivity index (χ4v) is 3.57. The minimum atomic E-state index is -3.72. The summed E-state index contributed by atoms with van der Waals surface area (Å²) in [6.45, 7) is 3.98. The molecule has 1 heterocycles. The average Bonchev–Trinajstić information content (AvgIpc) is 2.57. The van der Waals surface area contributed by atoms with E-state index < -0.39 is 21.7 Å². The van der Waals surface area contributed by atoms with Gasteiger partial charge in [-0.2, -0.15) is 17.4 Å². The Balaban J connectivity index is 2.82. The van der Waals surface area contributed by atoms with Gasteiger partial charge in [0.05, 0.1) is 0 Å². The zero-order valence-corrected chi connectivity index (χ0v) is 11.8. The summed E-state index contributed by atoms with van der Waals surface area (Å²) in [6.07, 6.45) is 3.91. The topological polar surface area (TPSA) is 86.7 Å². The van der Waals surface area contributed by atoms with Gasteiger partial charge >= 0.3 is 5.97 Å². The minimum Gasteiger partial charge on any atom is -0.480 e. The summed E-state index contributed by atoms with van der Waals surface area (Å²) in [7, 11) is -3.72. The maximum Gasteiger partial charge on any atom is 0.324 e. The molecule has 1 unspecified atom stereocenters. The van der Waals surface area contributed by atoms with Crippen LogP contribution in [0.5, 0.6) is 0 Å². The van der Waals surface area contributed by atoms with Crippen molar-refractivity contribution in [3.8, 4) is 0 Å². The maximum atomic E-state index is 12.2. The van der Waals surface area contributed by atoms with Gasteiger partial charge in [-0.25, -0.2) is 0 Å². The van der Waals surface area contributed by atoms with Crippen LogP contribution in [-0.4, -0.2) is 42.4 Å². The van der Waals surface area contributed by atoms with Gasteiger partial charge in [-0.05, 0) is 26.2 Å². The molecule has 0 amide bonds. The third-order valence-corrected chi connectivity index (χ3v) is 5.19. The van der Waals surface area contributed by atoms with Gasteiger partial charge in [0.1, 0.15) is 5.54 Å². The summed E-state index contributed by atoms with van der Waals surface area (Å²) in [5.41, 5.74) is -1.44. The number of aliphatic carboxylic acids is 1. The van der Waals surface area contributed by atoms with Crippen LogP contribution in [0.2, 0.25) is 0 Å². The lowest BCUT2D eigenvalue weighted by molar-refractivity contribution is -0.143. The third kappa shape index (κ3) is 3.66. The molecule has 0 aromatic rings. The van der Waals surface area contributed by atoms with Crippen molar-refractivity contribution in [2.75, 3.05) is 13.1 Å². The van der Waals surface area contributed by atoms with Crippen molar-refractivity contribution in [3.05, 3.63) is 0 Å². The second kappa shape index (κ2) is 5.99. The van der Waals surface area contributed by atoms with E-state index in [4.69, 9.17) is 5.11 Å². The molecule has 6 nitrogen and oxygen atoms in total. The lowest BCUT2D eigenvalue weighted by Crippen LogP contribution is -2.56. The van der Waals surface area contributed by atoms with E-state index in [0.717, 1.165) is 25.7 Å². The molecule has 0 saturated carbocycles. The van der Waals surface area contributed by atoms with Crippen molar-refractivity contribution in [2.24, 2.45) is 0 Å². The number of rotatable bonds is 5. The molecule has 106 valence electrons. The van der Waals surface area contributed by atoms with Crippen LogP contribution in [0.4, 0.5) is 0 Å². The summed E-state index contributed by atoms with van der Waals surface area (Å²) < 4.78 is 28.0. The Morgan fingerprint density at radius 1 is 1.28 bits per heavy atom. The predicted octanol–water partition coefficient (Wildman–Crippen LogP) is 0.950. The lowest BCUT2D eigenvalue weighted by atomic mass is 10.0. The third-order valence-electron chi connectivity index (χ3n) is 3.44. The average molecular weight is 278 g/mol. The Hall–Kier alpha value is -0.660. The first-order valence-electron chi connectivity index (χ1n) is 6.34. The van der Waals surface area contributed by atoms with Crippen molar-refractivity contribution in [2.45, 2.75) is 51.5 Å². The zero-order chi connectivity index (χ0) is 13.8. The van der Waals surface area contributed by atoms with Gasteiger partial charge < -0.3 is 5.11 Å². The molecular formula is C11H22N2O4S. The molecular weight excluding hydrogens is 256 g/mol. The molecule has 0 aromatic carbocycles. The monoisotopic (exact) mass is 278 g/mol. The summed E-state index contributed by atoms with van der Waals surface area (Å²) in [4.78, 5) is 11.1. The first-order chi connectivity index (χ1) is 8.32. The Bertz CT molecular complexity index is 388. The number of nitrogens with zero attached hydrogens (tertiary/aromatic N) is 1. The molecule has 1 rings (SSSR count). The Kier molecular flexibility index (Phi) is 5.12. The molecule has 1 fully saturated rings. The molecule has 7 heteroatoms. The SMILES string of the molecule is CCC(C)(NS(=O)(=O)N1CCCCCC1)C(=O)O. The van der Waals surface area contributed by atoms with Gasteiger partial charge in [0.2, 0.25) is 0 Å². The fourth-order valence-electron chi connectivity index (χ4n) is 1.90. The van der Waals surface area contributed by atoms with Crippen molar-refractivity contribution in [1.82, 2.24) is 9.03 Å². The van der Waals surface area contributed by atoms with E-state index in [1.165, 1.54) is 11.2 Å². The molecule has 0 radical (unpaired) electrons. The van der Waals surface area contributed by atoms with Crippen LogP contribution in [0.15, 0.2) is 0 Å². The largest absolute Gasteiger partial charge is 0.480 e. The molecule has 1 aliphatic rings. The Morgan fingerprint density at radius 3 is 2.17 bits per heavy atom. The predicted molar refractivity (Wildman–Crippen MR) is 68.4 cm³/mol. The van der Waals surface area contributed by atoms with Crippen LogP contribution in [0, 0.1) is 0 Å². The molecule has 18 heavy (non-hydrogen) atoms. The van der Waals surface area contributed by atoms with E-state index in [2.05, 4.69) is 4.72 Å². The van der Waals surface area contributed by atoms with Crippen LogP contribution >= 0.6 is 0 Å². The highest BCUT2D eigenvalue weighted by Crippen LogP contribution is 2.16. The summed E-state index contributed by atoms with van der Waals surface area (Å²) in [6, 6.07) is 0. The number of carbonyl (C=O) groups is 1. The summed E-state index contributed by atoms with van der Waals surface area (Å²) in [5.74, 6) is -1.15. The van der Waals surface area contributed by atoms with Gasteiger partial charge in [-0.15, -0.1) is 0 Å². The number of hydrogen-bond acceptors (Lipinski definition) is 3. The highest BCUT2D eigenvalue weighted by atomic mass is 32.2. The van der Waals surface area contributed by atoms with Gasteiger partial charge in [-0.1, -0.05) is 19.8 Å². The van der Waals surface area contributed by atoms with E-state index in [9.17, 15) is 13.2 Å². The molecule has 1 saturated heterocycles. The first-order valence-corrected chi connectivity index (χ1v) is 7.78. The van der Waals surface area contributed by atoms with Crippen LogP contribution in [0.1, 0.15) is 46.0 Å². The van der Waals surface area contributed by atoms with Gasteiger partial charge in [0.25, 0.3) is 10.2 Å². The van der Waals surface area contributed by atoms with Crippen LogP contribution in [0.25, 0.3) is 0 Å². The first kappa shape index (κ1) is 15.4. The number of carboxylic acid groups (broad SMARTS) is 1. The normalized spacial score (nSPS) is 22.1. The van der Waals surface area contributed by atoms with Crippen LogP contribution < -0.4 is 4.72 Å². The highest BCUT2D eigenvalue weighted by Gasteiger charge is 2.37. The van der Waals surface area contributed by atoms with Crippen molar-refractivity contribution in [1.29, 1.82) is 0 Å². The second-order valence-electron chi connectivity index (χ2n) is 4.91. The lowest BCUT2D eigenvalue weighted by Gasteiger charge is -2.28. The van der Waals surface area contributed by atoms with Crippen molar-refractivity contribution in [3.63, 3.8) is 0 Å². The summed E-state index contributed by atoms with van der Waals surface area (Å²) >= 11 is 0. The van der Waals surface area contributed by atoms with E-state index >= 15 is 0 Å². The number of nitrogens with one attached hydrogen (secondary N) is 1. The smallest absolute Gasteiger partial charge is 0.324 e. The van der Waals surface area contributed by atoms with Crippen LogP contribution in [0.3, 0.4) is 0 Å². The molecule has 1 atom stereocenters.